The van der Waals surface area contributed by atoms with Gasteiger partial charge in [-0.25, -0.2) is 9.78 Å². The fourth-order valence-electron chi connectivity index (χ4n) is 2.60. The van der Waals surface area contributed by atoms with Gasteiger partial charge in [-0.3, -0.25) is 0 Å². The second-order valence-corrected chi connectivity index (χ2v) is 7.68. The number of carbonyl (C=O) groups excluding carboxylic acids is 1. The van der Waals surface area contributed by atoms with E-state index < -0.39 is 27.3 Å². The van der Waals surface area contributed by atoms with Crippen molar-refractivity contribution in [3.8, 4) is 5.75 Å². The smallest absolute Gasteiger partial charge is 0.464 e. The minimum atomic E-state index is -5.91. The zero-order chi connectivity index (χ0) is 20.9. The summed E-state index contributed by atoms with van der Waals surface area (Å²) in [6, 6.07) is 5.59. The number of aryl methyl sites for hydroxylation is 1. The first-order valence-corrected chi connectivity index (χ1v) is 10.0. The molecule has 0 fully saturated rings. The van der Waals surface area contributed by atoms with Crippen molar-refractivity contribution < 1.29 is 35.3 Å². The first kappa shape index (κ1) is 21.9. The van der Waals surface area contributed by atoms with E-state index in [9.17, 15) is 26.4 Å². The Morgan fingerprint density at radius 1 is 1.14 bits per heavy atom. The summed E-state index contributed by atoms with van der Waals surface area (Å²) in [4.78, 5) is 15.7. The van der Waals surface area contributed by atoms with Gasteiger partial charge >= 0.3 is 21.6 Å². The van der Waals surface area contributed by atoms with Crippen LogP contribution >= 0.6 is 0 Å². The minimum absolute atomic E-state index is 0.0634. The van der Waals surface area contributed by atoms with Gasteiger partial charge in [0, 0.05) is 11.5 Å². The Morgan fingerprint density at radius 3 is 2.46 bits per heavy atom. The molecule has 0 radical (unpaired) electrons. The van der Waals surface area contributed by atoms with Crippen molar-refractivity contribution in [2.45, 2.75) is 44.5 Å². The van der Waals surface area contributed by atoms with Crippen LogP contribution in [0.5, 0.6) is 5.75 Å². The van der Waals surface area contributed by atoms with E-state index in [-0.39, 0.29) is 16.6 Å². The third-order valence-electron chi connectivity index (χ3n) is 4.03. The summed E-state index contributed by atoms with van der Waals surface area (Å²) < 4.78 is 70.0. The molecule has 0 N–H and O–H groups in total. The van der Waals surface area contributed by atoms with Crippen molar-refractivity contribution in [1.82, 2.24) is 4.98 Å². The van der Waals surface area contributed by atoms with Crippen LogP contribution in [0.3, 0.4) is 0 Å². The summed E-state index contributed by atoms with van der Waals surface area (Å²) in [7, 11) is -4.84. The molecule has 2 aromatic rings. The molecule has 10 heteroatoms. The molecule has 0 atom stereocenters. The van der Waals surface area contributed by atoms with Crippen LogP contribution in [0.2, 0.25) is 0 Å². The quantitative estimate of drug-likeness (QED) is 0.273. The zero-order valence-electron chi connectivity index (χ0n) is 15.4. The van der Waals surface area contributed by atoms with E-state index in [1.54, 1.807) is 6.07 Å². The number of hydrogen-bond donors (Lipinski definition) is 0. The molecular weight excluding hydrogens is 399 g/mol. The average molecular weight is 419 g/mol. The van der Waals surface area contributed by atoms with Gasteiger partial charge in [-0.05, 0) is 30.5 Å². The number of esters is 1. The molecule has 0 aliphatic carbocycles. The number of aromatic nitrogens is 1. The van der Waals surface area contributed by atoms with E-state index >= 15 is 0 Å². The van der Waals surface area contributed by atoms with E-state index in [0.29, 0.717) is 6.42 Å². The molecule has 0 aliphatic heterocycles. The van der Waals surface area contributed by atoms with Crippen LogP contribution in [0, 0.1) is 0 Å². The highest BCUT2D eigenvalue weighted by molar-refractivity contribution is 7.88. The number of alkyl halides is 3. The van der Waals surface area contributed by atoms with Crippen molar-refractivity contribution >= 4 is 27.0 Å². The number of nitrogens with zero attached hydrogens (tertiary/aromatic N) is 1. The second-order valence-electron chi connectivity index (χ2n) is 6.14. The molecule has 0 saturated heterocycles. The molecule has 2 rings (SSSR count). The van der Waals surface area contributed by atoms with Gasteiger partial charge in [-0.1, -0.05) is 32.3 Å². The normalized spacial score (nSPS) is 12.2. The zero-order valence-corrected chi connectivity index (χ0v) is 16.2. The lowest BCUT2D eigenvalue weighted by Crippen LogP contribution is -2.28. The van der Waals surface area contributed by atoms with Gasteiger partial charge in [0.15, 0.2) is 11.4 Å². The number of unbranched alkanes of at least 4 members (excludes halogenated alkanes) is 3. The largest absolute Gasteiger partial charge is 0.534 e. The third-order valence-corrected chi connectivity index (χ3v) is 5.00. The Kier molecular flexibility index (Phi) is 6.87. The van der Waals surface area contributed by atoms with E-state index in [1.807, 2.05) is 0 Å². The topological polar surface area (TPSA) is 82.6 Å². The lowest BCUT2D eigenvalue weighted by Gasteiger charge is -2.13. The van der Waals surface area contributed by atoms with Crippen LogP contribution < -0.4 is 4.18 Å². The van der Waals surface area contributed by atoms with E-state index in [1.165, 1.54) is 12.1 Å². The summed E-state index contributed by atoms with van der Waals surface area (Å²) in [5.74, 6) is -1.56. The van der Waals surface area contributed by atoms with Crippen molar-refractivity contribution in [2.24, 2.45) is 0 Å². The average Bonchev–Trinajstić information content (AvgIpc) is 2.63. The Bertz CT molecular complexity index is 958. The Hall–Kier alpha value is -2.36. The number of pyridine rings is 1. The van der Waals surface area contributed by atoms with Crippen LogP contribution in [0.15, 0.2) is 24.3 Å². The molecular formula is C18H20F3NO5S. The molecule has 0 aliphatic rings. The van der Waals surface area contributed by atoms with Crippen LogP contribution in [-0.4, -0.2) is 32.0 Å². The number of ether oxygens (including phenoxy) is 1. The molecule has 6 nitrogen and oxygen atoms in total. The van der Waals surface area contributed by atoms with Gasteiger partial charge < -0.3 is 8.92 Å². The van der Waals surface area contributed by atoms with Crippen LogP contribution in [0.4, 0.5) is 13.2 Å². The summed E-state index contributed by atoms with van der Waals surface area (Å²) in [6.07, 6.45) is 4.67. The standard InChI is InChI=1S/C18H20F3NO5S/c1-3-4-5-6-7-12-8-9-14-13(10-12)16(11-15(22-14)17(23)26-2)27-28(24,25)18(19,20)21/h8-11H,3-7H2,1-2H3. The lowest BCUT2D eigenvalue weighted by atomic mass is 10.0. The van der Waals surface area contributed by atoms with Crippen molar-refractivity contribution in [3.05, 3.63) is 35.5 Å². The number of rotatable bonds is 8. The predicted octanol–water partition coefficient (Wildman–Crippen LogP) is 4.37. The Labute approximate surface area is 160 Å². The van der Waals surface area contributed by atoms with Gasteiger partial charge in [-0.2, -0.15) is 21.6 Å². The Balaban J connectivity index is 2.50. The van der Waals surface area contributed by atoms with E-state index in [0.717, 1.165) is 44.4 Å². The van der Waals surface area contributed by atoms with Gasteiger partial charge in [0.2, 0.25) is 0 Å². The number of carbonyl (C=O) groups is 1. The first-order chi connectivity index (χ1) is 13.1. The number of fused-ring (bicyclic) bond motifs is 1. The molecule has 1 heterocycles. The fraction of sp³-hybridized carbons (Fsp3) is 0.444. The van der Waals surface area contributed by atoms with Gasteiger partial charge in [0.1, 0.15) is 0 Å². The van der Waals surface area contributed by atoms with Crippen LogP contribution in [0.25, 0.3) is 10.9 Å². The van der Waals surface area contributed by atoms with Gasteiger partial charge in [0.05, 0.1) is 12.6 Å². The van der Waals surface area contributed by atoms with Crippen LogP contribution in [-0.2, 0) is 21.3 Å². The summed E-state index contributed by atoms with van der Waals surface area (Å²) >= 11 is 0. The van der Waals surface area contributed by atoms with Gasteiger partial charge in [-0.15, -0.1) is 0 Å². The van der Waals surface area contributed by atoms with E-state index in [2.05, 4.69) is 20.8 Å². The maximum absolute atomic E-state index is 12.7. The highest BCUT2D eigenvalue weighted by atomic mass is 32.2. The first-order valence-electron chi connectivity index (χ1n) is 8.61. The Morgan fingerprint density at radius 2 is 1.86 bits per heavy atom. The summed E-state index contributed by atoms with van der Waals surface area (Å²) in [6.45, 7) is 2.07. The highest BCUT2D eigenvalue weighted by Gasteiger charge is 2.48. The lowest BCUT2D eigenvalue weighted by molar-refractivity contribution is -0.0499. The molecule has 1 aromatic carbocycles. The SMILES string of the molecule is CCCCCCc1ccc2nc(C(=O)OC)cc(OS(=O)(=O)C(F)(F)F)c2c1. The van der Waals surface area contributed by atoms with Crippen LogP contribution in [0.1, 0.15) is 48.7 Å². The van der Waals surface area contributed by atoms with Crippen molar-refractivity contribution in [2.75, 3.05) is 7.11 Å². The summed E-state index contributed by atoms with van der Waals surface area (Å²) in [5.41, 5.74) is -5.05. The van der Waals surface area contributed by atoms with Crippen molar-refractivity contribution in [1.29, 1.82) is 0 Å². The monoisotopic (exact) mass is 419 g/mol. The highest BCUT2D eigenvalue weighted by Crippen LogP contribution is 2.33. The molecule has 1 aromatic heterocycles. The molecule has 0 bridgehead atoms. The third kappa shape index (κ3) is 5.12. The molecule has 154 valence electrons. The molecule has 0 amide bonds. The number of halogens is 3. The minimum Gasteiger partial charge on any atom is -0.464 e. The molecule has 0 saturated carbocycles. The van der Waals surface area contributed by atoms with E-state index in [4.69, 9.17) is 0 Å². The molecule has 0 unspecified atom stereocenters. The predicted molar refractivity (Wildman–Crippen MR) is 96.5 cm³/mol. The number of benzene rings is 1. The maximum Gasteiger partial charge on any atom is 0.534 e. The molecule has 0 spiro atoms. The van der Waals surface area contributed by atoms with Gasteiger partial charge in [0.25, 0.3) is 0 Å². The molecule has 28 heavy (non-hydrogen) atoms. The second kappa shape index (κ2) is 8.76. The fourth-order valence-corrected chi connectivity index (χ4v) is 3.07. The number of methoxy groups -OCH3 is 1. The number of hydrogen-bond acceptors (Lipinski definition) is 6. The summed E-state index contributed by atoms with van der Waals surface area (Å²) in [5, 5.41) is 0.0634. The van der Waals surface area contributed by atoms with Crippen molar-refractivity contribution in [3.63, 3.8) is 0 Å². The maximum atomic E-state index is 12.7.